The molecule has 19 heteroatoms. The van der Waals surface area contributed by atoms with Crippen molar-refractivity contribution in [3.63, 3.8) is 0 Å². The predicted molar refractivity (Wildman–Crippen MR) is 209 cm³/mol. The molecule has 2 aromatic carbocycles. The van der Waals surface area contributed by atoms with Crippen LogP contribution in [-0.2, 0) is 19.1 Å². The van der Waals surface area contributed by atoms with E-state index in [9.17, 15) is 25.1 Å². The zero-order chi connectivity index (χ0) is 39.5. The summed E-state index contributed by atoms with van der Waals surface area (Å²) in [6.45, 7) is 7.25. The Balaban J connectivity index is 1.54. The fraction of sp³-hybridized carbons (Fsp3) is 0.361. The molecule has 0 amide bonds. The van der Waals surface area contributed by atoms with Crippen LogP contribution in [0.3, 0.4) is 0 Å². The molecule has 18 nitrogen and oxygen atoms in total. The molecule has 0 aliphatic heterocycles. The van der Waals surface area contributed by atoms with Gasteiger partial charge >= 0.3 is 11.9 Å². The lowest BCUT2D eigenvalue weighted by molar-refractivity contribution is -0.136. The molecule has 0 radical (unpaired) electrons. The summed E-state index contributed by atoms with van der Waals surface area (Å²) in [5.41, 5.74) is 5.39. The van der Waals surface area contributed by atoms with E-state index in [1.165, 1.54) is 27.1 Å². The molecule has 0 fully saturated rings. The van der Waals surface area contributed by atoms with Crippen LogP contribution in [0.2, 0.25) is 0 Å². The largest absolute Gasteiger partial charge is 0.480 e. The number of aliphatic carboxylic acids is 2. The van der Waals surface area contributed by atoms with Crippen molar-refractivity contribution in [2.75, 3.05) is 74.5 Å². The highest BCUT2D eigenvalue weighted by molar-refractivity contribution is 7.20. The number of carboxylic acid groups (broad SMARTS) is 2. The number of benzene rings is 2. The number of nitrogens with zero attached hydrogens (tertiary/aromatic N) is 9. The Hall–Kier alpha value is -6.23. The first-order chi connectivity index (χ1) is 26.5. The minimum absolute atomic E-state index is 0.0253. The molecule has 0 unspecified atom stereocenters. The van der Waals surface area contributed by atoms with Crippen molar-refractivity contribution in [2.45, 2.75) is 33.6 Å². The molecule has 0 saturated carbocycles. The van der Waals surface area contributed by atoms with Gasteiger partial charge in [0, 0.05) is 51.9 Å². The molecule has 0 aliphatic rings. The average molecular weight is 771 g/mol. The quantitative estimate of drug-likeness (QED) is 0.0444. The summed E-state index contributed by atoms with van der Waals surface area (Å²) < 4.78 is 12.5. The molecule has 0 spiro atoms. The maximum Gasteiger partial charge on any atom is 0.323 e. The maximum atomic E-state index is 11.4. The molecule has 0 atom stereocenters. The van der Waals surface area contributed by atoms with Gasteiger partial charge in [0.25, 0.3) is 0 Å². The molecule has 5 aromatic rings. The van der Waals surface area contributed by atoms with Gasteiger partial charge in [-0.3, -0.25) is 9.59 Å². The van der Waals surface area contributed by atoms with E-state index in [4.69, 9.17) is 19.4 Å². The van der Waals surface area contributed by atoms with Crippen molar-refractivity contribution < 1.29 is 29.3 Å². The first-order valence-corrected chi connectivity index (χ1v) is 18.0. The Bertz CT molecular complexity index is 2190. The lowest BCUT2D eigenvalue weighted by Crippen LogP contribution is -2.34. The third kappa shape index (κ3) is 10.5. The summed E-state index contributed by atoms with van der Waals surface area (Å²) in [5.74, 6) is -1.17. The van der Waals surface area contributed by atoms with Gasteiger partial charge in [0.2, 0.25) is 16.9 Å². The number of thiazole rings is 1. The second-order valence-corrected chi connectivity index (χ2v) is 13.5. The third-order valence-corrected chi connectivity index (χ3v) is 9.07. The first kappa shape index (κ1) is 40.0. The Kier molecular flexibility index (Phi) is 13.6. The molecule has 0 saturated heterocycles. The number of fused-ring (bicyclic) bond motifs is 1. The minimum Gasteiger partial charge on any atom is -0.480 e. The number of ether oxygens (including phenoxy) is 2. The maximum absolute atomic E-state index is 11.4. The van der Waals surface area contributed by atoms with Gasteiger partial charge < -0.3 is 40.5 Å². The zero-order valence-electron chi connectivity index (χ0n) is 31.1. The molecule has 3 aromatic heterocycles. The minimum atomic E-state index is -1.16. The second kappa shape index (κ2) is 18.7. The second-order valence-electron chi connectivity index (χ2n) is 12.5. The topological polar surface area (TPSA) is 237 Å². The van der Waals surface area contributed by atoms with Crippen LogP contribution >= 0.6 is 11.3 Å². The molecule has 288 valence electrons. The summed E-state index contributed by atoms with van der Waals surface area (Å²) in [4.78, 5) is 38.2. The first-order valence-electron chi connectivity index (χ1n) is 17.2. The van der Waals surface area contributed by atoms with E-state index in [-0.39, 0.29) is 17.1 Å². The van der Waals surface area contributed by atoms with E-state index in [2.05, 4.69) is 54.5 Å². The summed E-state index contributed by atoms with van der Waals surface area (Å²) in [7, 11) is 3.28. The van der Waals surface area contributed by atoms with E-state index in [0.29, 0.717) is 71.3 Å². The Morgan fingerprint density at radius 2 is 1.58 bits per heavy atom. The van der Waals surface area contributed by atoms with Crippen molar-refractivity contribution >= 4 is 74.0 Å². The fourth-order valence-corrected chi connectivity index (χ4v) is 6.57. The van der Waals surface area contributed by atoms with Crippen LogP contribution in [0.25, 0.3) is 15.3 Å². The molecular weight excluding hydrogens is 729 g/mol. The highest BCUT2D eigenvalue weighted by Crippen LogP contribution is 2.38. The lowest BCUT2D eigenvalue weighted by atomic mass is 10.1. The molecule has 5 rings (SSSR count). The van der Waals surface area contributed by atoms with E-state index in [1.54, 1.807) is 32.4 Å². The van der Waals surface area contributed by atoms with Gasteiger partial charge in [0.05, 0.1) is 16.4 Å². The fourth-order valence-electron chi connectivity index (χ4n) is 5.65. The number of nitriles is 1. The number of azo groups is 1. The molecule has 5 N–H and O–H groups in total. The number of hydrogen-bond donors (Lipinski definition) is 5. The highest BCUT2D eigenvalue weighted by Gasteiger charge is 2.20. The smallest absolute Gasteiger partial charge is 0.323 e. The summed E-state index contributed by atoms with van der Waals surface area (Å²) >= 11 is 1.22. The normalized spacial score (nSPS) is 11.2. The SMILES string of the molecule is COCCCNc1nc(NCCCOC)c(N=Nc2nn(-c3nc4ccc(N(CC(=O)O)CC(=O)O)cc4s3)cc2C#N)c(Nc2c(C)cc(C)cc2C)n1. The number of aryl methyl sites for hydroxylation is 3. The summed E-state index contributed by atoms with van der Waals surface area (Å²) in [5, 5.41) is 52.7. The Morgan fingerprint density at radius 3 is 2.22 bits per heavy atom. The monoisotopic (exact) mass is 770 g/mol. The molecular formula is C36H42N12O6S. The van der Waals surface area contributed by atoms with Crippen molar-refractivity contribution in [2.24, 2.45) is 10.2 Å². The number of anilines is 5. The van der Waals surface area contributed by atoms with Gasteiger partial charge in [-0.2, -0.15) is 15.2 Å². The van der Waals surface area contributed by atoms with Crippen LogP contribution in [0, 0.1) is 32.1 Å². The summed E-state index contributed by atoms with van der Waals surface area (Å²) in [6.07, 6.45) is 2.91. The van der Waals surface area contributed by atoms with Gasteiger partial charge in [0.15, 0.2) is 17.3 Å². The van der Waals surface area contributed by atoms with Gasteiger partial charge in [-0.25, -0.2) is 9.67 Å². The average Bonchev–Trinajstić information content (AvgIpc) is 3.76. The van der Waals surface area contributed by atoms with Gasteiger partial charge in [-0.1, -0.05) is 29.0 Å². The van der Waals surface area contributed by atoms with Crippen LogP contribution in [0.4, 0.5) is 40.5 Å². The Labute approximate surface area is 320 Å². The van der Waals surface area contributed by atoms with Crippen LogP contribution in [-0.4, -0.2) is 100 Å². The van der Waals surface area contributed by atoms with Crippen molar-refractivity contribution in [1.82, 2.24) is 24.7 Å². The van der Waals surface area contributed by atoms with E-state index >= 15 is 0 Å². The van der Waals surface area contributed by atoms with Crippen molar-refractivity contribution in [1.29, 1.82) is 5.26 Å². The number of rotatable bonds is 20. The lowest BCUT2D eigenvalue weighted by Gasteiger charge is -2.20. The van der Waals surface area contributed by atoms with Crippen LogP contribution < -0.4 is 20.9 Å². The van der Waals surface area contributed by atoms with Crippen molar-refractivity contribution in [3.8, 4) is 11.2 Å². The number of methoxy groups -OCH3 is 2. The van der Waals surface area contributed by atoms with Gasteiger partial charge in [0.1, 0.15) is 24.7 Å². The van der Waals surface area contributed by atoms with Crippen molar-refractivity contribution in [3.05, 3.63) is 58.8 Å². The van der Waals surface area contributed by atoms with Crippen LogP contribution in [0.15, 0.2) is 46.8 Å². The number of carboxylic acids is 2. The highest BCUT2D eigenvalue weighted by atomic mass is 32.1. The van der Waals surface area contributed by atoms with Gasteiger partial charge in [-0.15, -0.1) is 15.3 Å². The van der Waals surface area contributed by atoms with Gasteiger partial charge in [-0.05, 0) is 62.9 Å². The number of hydrogen-bond acceptors (Lipinski definition) is 16. The predicted octanol–water partition coefficient (Wildman–Crippen LogP) is 6.10. The molecule has 55 heavy (non-hydrogen) atoms. The van der Waals surface area contributed by atoms with E-state index < -0.39 is 25.0 Å². The Morgan fingerprint density at radius 1 is 0.927 bits per heavy atom. The standard InChI is InChI=1S/C36H42N12O6S/c1-21-14-22(2)30(23(3)15-21)41-34-31(33(38-10-6-12-53-4)42-35(43-34)39-11-7-13-54-5)44-45-32-24(17-37)18-48(46-32)36-40-26-9-8-25(16-27(26)55-36)47(19-28(49)50)20-29(51)52/h8-9,14-16,18H,6-7,10-13,19-20H2,1-5H3,(H,49,50)(H,51,52)(H3,38,39,41,42,43). The zero-order valence-corrected chi connectivity index (χ0v) is 31.9. The summed E-state index contributed by atoms with van der Waals surface area (Å²) in [6, 6.07) is 11.2. The molecule has 0 bridgehead atoms. The molecule has 0 aliphatic carbocycles. The van der Waals surface area contributed by atoms with Crippen LogP contribution in [0.5, 0.6) is 0 Å². The number of nitrogens with one attached hydrogen (secondary N) is 3. The van der Waals surface area contributed by atoms with Crippen LogP contribution in [0.1, 0.15) is 35.1 Å². The molecule has 3 heterocycles. The van der Waals surface area contributed by atoms with E-state index in [1.807, 2.05) is 20.8 Å². The number of aromatic nitrogens is 5. The number of carbonyl (C=O) groups is 2. The van der Waals surface area contributed by atoms with E-state index in [0.717, 1.165) is 28.8 Å². The third-order valence-electron chi connectivity index (χ3n) is 8.06.